The van der Waals surface area contributed by atoms with Crippen LogP contribution in [-0.2, 0) is 13.0 Å². The highest BCUT2D eigenvalue weighted by molar-refractivity contribution is 9.11. The van der Waals surface area contributed by atoms with Gasteiger partial charge in [0.05, 0.1) is 23.7 Å². The maximum absolute atomic E-state index is 13.4. The van der Waals surface area contributed by atoms with Gasteiger partial charge in [-0.3, -0.25) is 4.79 Å². The number of halogens is 3. The van der Waals surface area contributed by atoms with E-state index >= 15 is 0 Å². The molecule has 0 amide bonds. The summed E-state index contributed by atoms with van der Waals surface area (Å²) in [5.74, 6) is 1.83. The number of rotatable bonds is 10. The molecule has 1 heterocycles. The lowest BCUT2D eigenvalue weighted by molar-refractivity contribution is 0.266. The molecule has 3 aromatic carbocycles. The van der Waals surface area contributed by atoms with E-state index < -0.39 is 0 Å². The van der Waals surface area contributed by atoms with E-state index in [-0.39, 0.29) is 11.5 Å². The third-order valence-corrected chi connectivity index (χ3v) is 7.60. The molecule has 0 fully saturated rings. The number of allylic oxidation sites excluding steroid dienone is 1. The van der Waals surface area contributed by atoms with Crippen LogP contribution in [0.5, 0.6) is 11.5 Å². The number of fused-ring (bicyclic) bond motifs is 1. The van der Waals surface area contributed by atoms with Crippen LogP contribution in [0.25, 0.3) is 10.9 Å². The molecule has 1 aromatic heterocycles. The molecule has 0 saturated heterocycles. The summed E-state index contributed by atoms with van der Waals surface area (Å²) in [5.41, 5.74) is 3.10. The minimum absolute atomic E-state index is 0.00748. The molecule has 4 aromatic rings. The molecule has 0 saturated carbocycles. The summed E-state index contributed by atoms with van der Waals surface area (Å²) < 4.78 is 16.4. The van der Waals surface area contributed by atoms with E-state index in [0.29, 0.717) is 47.9 Å². The van der Waals surface area contributed by atoms with Gasteiger partial charge in [0.1, 0.15) is 12.4 Å². The van der Waals surface area contributed by atoms with E-state index in [1.165, 1.54) is 4.68 Å². The van der Waals surface area contributed by atoms with Crippen molar-refractivity contribution in [3.8, 4) is 11.5 Å². The Kier molecular flexibility index (Phi) is 9.80. The van der Waals surface area contributed by atoms with Gasteiger partial charge in [0.2, 0.25) is 0 Å². The number of aromatic nitrogens is 2. The molecule has 0 atom stereocenters. The van der Waals surface area contributed by atoms with Crippen LogP contribution < -0.4 is 15.0 Å². The van der Waals surface area contributed by atoms with E-state index in [1.54, 1.807) is 12.3 Å². The summed E-state index contributed by atoms with van der Waals surface area (Å²) in [5, 5.41) is 5.09. The summed E-state index contributed by atoms with van der Waals surface area (Å²) in [6.45, 7) is 10.6. The zero-order valence-corrected chi connectivity index (χ0v) is 26.6. The lowest BCUT2D eigenvalue weighted by atomic mass is 10.1. The van der Waals surface area contributed by atoms with Gasteiger partial charge in [-0.2, -0.15) is 9.78 Å². The molecule has 202 valence electrons. The normalized spacial score (nSPS) is 11.5. The molecular formula is C30H28Br3N3O3. The Morgan fingerprint density at radius 2 is 1.77 bits per heavy atom. The Morgan fingerprint density at radius 1 is 1.03 bits per heavy atom. The first-order chi connectivity index (χ1) is 18.7. The van der Waals surface area contributed by atoms with Crippen molar-refractivity contribution < 1.29 is 9.47 Å². The molecule has 0 aliphatic heterocycles. The van der Waals surface area contributed by atoms with Crippen LogP contribution in [0.3, 0.4) is 0 Å². The number of nitrogens with zero attached hydrogens (tertiary/aromatic N) is 3. The van der Waals surface area contributed by atoms with Crippen molar-refractivity contribution in [2.45, 2.75) is 39.7 Å². The van der Waals surface area contributed by atoms with Crippen LogP contribution in [0.4, 0.5) is 0 Å². The van der Waals surface area contributed by atoms with Crippen LogP contribution >= 0.6 is 47.8 Å². The second-order valence-electron chi connectivity index (χ2n) is 9.11. The molecule has 0 N–H and O–H groups in total. The highest BCUT2D eigenvalue weighted by Gasteiger charge is 2.16. The number of benzene rings is 3. The summed E-state index contributed by atoms with van der Waals surface area (Å²) in [7, 11) is 0. The van der Waals surface area contributed by atoms with Crippen molar-refractivity contribution in [2.75, 3.05) is 6.61 Å². The average Bonchev–Trinajstić information content (AvgIpc) is 2.89. The first-order valence-electron chi connectivity index (χ1n) is 12.5. The third kappa shape index (κ3) is 6.88. The molecule has 0 unspecified atom stereocenters. The number of ether oxygens (including phenoxy) is 2. The fourth-order valence-electron chi connectivity index (χ4n) is 4.06. The predicted molar refractivity (Wildman–Crippen MR) is 168 cm³/mol. The molecule has 0 radical (unpaired) electrons. The van der Waals surface area contributed by atoms with E-state index in [9.17, 15) is 4.79 Å². The summed E-state index contributed by atoms with van der Waals surface area (Å²) >= 11 is 10.5. The van der Waals surface area contributed by atoms with E-state index in [4.69, 9.17) is 14.5 Å². The van der Waals surface area contributed by atoms with Crippen LogP contribution in [-0.4, -0.2) is 22.5 Å². The van der Waals surface area contributed by atoms with Crippen molar-refractivity contribution in [1.29, 1.82) is 0 Å². The van der Waals surface area contributed by atoms with Crippen molar-refractivity contribution in [3.63, 3.8) is 0 Å². The highest BCUT2D eigenvalue weighted by atomic mass is 79.9. The van der Waals surface area contributed by atoms with Crippen molar-refractivity contribution in [2.24, 2.45) is 5.10 Å². The smallest absolute Gasteiger partial charge is 0.282 e. The molecule has 0 spiro atoms. The van der Waals surface area contributed by atoms with Gasteiger partial charge in [-0.1, -0.05) is 73.8 Å². The van der Waals surface area contributed by atoms with E-state index in [0.717, 1.165) is 30.1 Å². The summed E-state index contributed by atoms with van der Waals surface area (Å²) in [4.78, 5) is 18.1. The molecule has 0 bridgehead atoms. The van der Waals surface area contributed by atoms with Gasteiger partial charge in [0, 0.05) is 30.5 Å². The Hall–Kier alpha value is -2.75. The first kappa shape index (κ1) is 29.2. The standard InChI is InChI=1S/C30H28Br3N3O3/c1-5-7-20-12-19(13-27(38-6-2)28(20)39-17-21-8-9-23(32)15-25(21)33)16-34-36-29(18(3)4)35-26-11-10-22(31)14-24(26)30(36)37/h5,8-16,18H,1,6-7,17H2,2-4H3. The first-order valence-corrected chi connectivity index (χ1v) is 14.8. The molecule has 6 nitrogen and oxygen atoms in total. The topological polar surface area (TPSA) is 65.7 Å². The summed E-state index contributed by atoms with van der Waals surface area (Å²) in [6, 6.07) is 15.3. The van der Waals surface area contributed by atoms with E-state index in [1.807, 2.05) is 69.3 Å². The fourth-order valence-corrected chi connectivity index (χ4v) is 5.58. The lowest BCUT2D eigenvalue weighted by Gasteiger charge is -2.17. The van der Waals surface area contributed by atoms with Gasteiger partial charge in [0.15, 0.2) is 11.5 Å². The Bertz CT molecular complexity index is 1610. The lowest BCUT2D eigenvalue weighted by Crippen LogP contribution is -2.23. The van der Waals surface area contributed by atoms with Gasteiger partial charge in [0.25, 0.3) is 5.56 Å². The zero-order chi connectivity index (χ0) is 28.1. The predicted octanol–water partition coefficient (Wildman–Crippen LogP) is 8.40. The molecular weight excluding hydrogens is 690 g/mol. The second-order valence-corrected chi connectivity index (χ2v) is 11.8. The van der Waals surface area contributed by atoms with Gasteiger partial charge < -0.3 is 9.47 Å². The van der Waals surface area contributed by atoms with Gasteiger partial charge >= 0.3 is 0 Å². The van der Waals surface area contributed by atoms with Crippen molar-refractivity contribution >= 4 is 64.9 Å². The third-order valence-electron chi connectivity index (χ3n) is 5.88. The quantitative estimate of drug-likeness (QED) is 0.122. The molecule has 39 heavy (non-hydrogen) atoms. The van der Waals surface area contributed by atoms with Crippen LogP contribution in [0, 0.1) is 0 Å². The largest absolute Gasteiger partial charge is 0.490 e. The van der Waals surface area contributed by atoms with Gasteiger partial charge in [-0.05, 0) is 61.4 Å². The molecule has 9 heteroatoms. The summed E-state index contributed by atoms with van der Waals surface area (Å²) in [6.07, 6.45) is 4.05. The van der Waals surface area contributed by atoms with E-state index in [2.05, 4.69) is 59.5 Å². The average molecular weight is 718 g/mol. The second kappa shape index (κ2) is 13.1. The molecule has 0 aliphatic carbocycles. The van der Waals surface area contributed by atoms with Crippen LogP contribution in [0.2, 0.25) is 0 Å². The SMILES string of the molecule is C=CCc1cc(C=Nn2c(C(C)C)nc3ccc(Br)cc3c2=O)cc(OCC)c1OCc1ccc(Br)cc1Br. The Morgan fingerprint density at radius 3 is 2.46 bits per heavy atom. The fraction of sp³-hybridized carbons (Fsp3) is 0.233. The maximum atomic E-state index is 13.4. The van der Waals surface area contributed by atoms with Crippen LogP contribution in [0.1, 0.15) is 49.2 Å². The monoisotopic (exact) mass is 715 g/mol. The molecule has 0 aliphatic rings. The van der Waals surface area contributed by atoms with Crippen molar-refractivity contribution in [1.82, 2.24) is 9.66 Å². The zero-order valence-electron chi connectivity index (χ0n) is 21.9. The number of hydrogen-bond acceptors (Lipinski definition) is 5. The highest BCUT2D eigenvalue weighted by Crippen LogP contribution is 2.35. The molecule has 4 rings (SSSR count). The van der Waals surface area contributed by atoms with Gasteiger partial charge in [-0.15, -0.1) is 6.58 Å². The Balaban J connectivity index is 1.76. The minimum atomic E-state index is -0.224. The van der Waals surface area contributed by atoms with Crippen LogP contribution in [0.15, 0.2) is 84.5 Å². The maximum Gasteiger partial charge on any atom is 0.282 e. The Labute approximate surface area is 253 Å². The van der Waals surface area contributed by atoms with Gasteiger partial charge in [-0.25, -0.2) is 4.98 Å². The van der Waals surface area contributed by atoms with Crippen molar-refractivity contribution in [3.05, 3.63) is 107 Å². The number of hydrogen-bond donors (Lipinski definition) is 0. The minimum Gasteiger partial charge on any atom is -0.490 e.